The van der Waals surface area contributed by atoms with Crippen LogP contribution in [-0.2, 0) is 21.7 Å². The molecule has 0 spiro atoms. The van der Waals surface area contributed by atoms with E-state index < -0.39 is 11.7 Å². The van der Waals surface area contributed by atoms with Gasteiger partial charge in [-0.25, -0.2) is 4.79 Å². The van der Waals surface area contributed by atoms with Gasteiger partial charge in [-0.15, -0.1) is 0 Å². The summed E-state index contributed by atoms with van der Waals surface area (Å²) in [5, 5.41) is 2.75. The van der Waals surface area contributed by atoms with Crippen LogP contribution in [0.25, 0.3) is 0 Å². The van der Waals surface area contributed by atoms with Crippen molar-refractivity contribution in [1.29, 1.82) is 0 Å². The Kier molecular flexibility index (Phi) is 3.31. The summed E-state index contributed by atoms with van der Waals surface area (Å²) < 4.78 is 10.9. The number of carbonyl (C=O) groups is 1. The van der Waals surface area contributed by atoms with Crippen molar-refractivity contribution in [3.8, 4) is 0 Å². The molecule has 0 fully saturated rings. The van der Waals surface area contributed by atoms with Crippen LogP contribution in [0.1, 0.15) is 45.7 Å². The highest BCUT2D eigenvalue weighted by atomic mass is 16.6. The molecule has 2 rings (SSSR count). The summed E-state index contributed by atoms with van der Waals surface area (Å²) in [5.41, 5.74) is 2.21. The second-order valence-corrected chi connectivity index (χ2v) is 6.30. The van der Waals surface area contributed by atoms with Crippen LogP contribution in [0.3, 0.4) is 0 Å². The Hall–Kier alpha value is -1.55. The lowest BCUT2D eigenvalue weighted by atomic mass is 9.96. The highest BCUT2D eigenvalue weighted by Crippen LogP contribution is 2.37. The number of hydrogen-bond acceptors (Lipinski definition) is 3. The van der Waals surface area contributed by atoms with Gasteiger partial charge in [0, 0.05) is 5.69 Å². The van der Waals surface area contributed by atoms with Crippen molar-refractivity contribution in [2.24, 2.45) is 0 Å². The quantitative estimate of drug-likeness (QED) is 0.838. The molecule has 1 aliphatic rings. The average Bonchev–Trinajstić information content (AvgIpc) is 2.52. The molecule has 0 atom stereocenters. The molecule has 1 aromatic carbocycles. The number of fused-ring (bicyclic) bond motifs is 1. The first kappa shape index (κ1) is 13.9. The third kappa shape index (κ3) is 3.26. The lowest BCUT2D eigenvalue weighted by Crippen LogP contribution is -2.27. The molecule has 0 bridgehead atoms. The SMILES string of the molecule is CC(C)(C)OC(=O)Nc1ccc2c(c1)C(C)(C)OC2. The monoisotopic (exact) mass is 263 g/mol. The molecule has 1 aliphatic heterocycles. The van der Waals surface area contributed by atoms with Crippen LogP contribution in [-0.4, -0.2) is 11.7 Å². The van der Waals surface area contributed by atoms with Crippen LogP contribution in [0.5, 0.6) is 0 Å². The number of nitrogens with one attached hydrogen (secondary N) is 1. The largest absolute Gasteiger partial charge is 0.444 e. The van der Waals surface area contributed by atoms with Gasteiger partial charge in [0.2, 0.25) is 0 Å². The number of ether oxygens (including phenoxy) is 2. The summed E-state index contributed by atoms with van der Waals surface area (Å²) in [5.74, 6) is 0. The minimum absolute atomic E-state index is 0.305. The second kappa shape index (κ2) is 4.53. The second-order valence-electron chi connectivity index (χ2n) is 6.30. The van der Waals surface area contributed by atoms with Crippen molar-refractivity contribution in [3.63, 3.8) is 0 Å². The number of rotatable bonds is 1. The molecule has 0 aromatic heterocycles. The Morgan fingerprint density at radius 2 is 2.05 bits per heavy atom. The molecular weight excluding hydrogens is 242 g/mol. The van der Waals surface area contributed by atoms with E-state index in [0.29, 0.717) is 6.61 Å². The zero-order chi connectivity index (χ0) is 14.3. The van der Waals surface area contributed by atoms with Gasteiger partial charge in [-0.05, 0) is 57.9 Å². The van der Waals surface area contributed by atoms with Gasteiger partial charge in [-0.1, -0.05) is 6.07 Å². The number of anilines is 1. The molecule has 0 unspecified atom stereocenters. The van der Waals surface area contributed by atoms with Gasteiger partial charge in [-0.2, -0.15) is 0 Å². The summed E-state index contributed by atoms with van der Waals surface area (Å²) in [6, 6.07) is 5.80. The van der Waals surface area contributed by atoms with Crippen molar-refractivity contribution >= 4 is 11.8 Å². The van der Waals surface area contributed by atoms with Crippen LogP contribution in [0, 0.1) is 0 Å². The van der Waals surface area contributed by atoms with E-state index in [1.165, 1.54) is 5.56 Å². The van der Waals surface area contributed by atoms with E-state index in [1.807, 2.05) is 52.8 Å². The maximum atomic E-state index is 11.7. The van der Waals surface area contributed by atoms with Gasteiger partial charge < -0.3 is 9.47 Å². The van der Waals surface area contributed by atoms with E-state index in [9.17, 15) is 4.79 Å². The molecule has 1 amide bonds. The Balaban J connectivity index is 2.13. The van der Waals surface area contributed by atoms with E-state index in [0.717, 1.165) is 11.3 Å². The molecule has 104 valence electrons. The summed E-state index contributed by atoms with van der Waals surface area (Å²) in [6.07, 6.45) is -0.441. The maximum Gasteiger partial charge on any atom is 0.412 e. The fourth-order valence-electron chi connectivity index (χ4n) is 2.10. The third-order valence-electron chi connectivity index (χ3n) is 2.99. The Morgan fingerprint density at radius 1 is 1.37 bits per heavy atom. The molecule has 19 heavy (non-hydrogen) atoms. The van der Waals surface area contributed by atoms with Gasteiger partial charge >= 0.3 is 6.09 Å². The summed E-state index contributed by atoms with van der Waals surface area (Å²) in [6.45, 7) is 10.2. The molecular formula is C15H21NO3. The zero-order valence-corrected chi connectivity index (χ0v) is 12.2. The van der Waals surface area contributed by atoms with Gasteiger partial charge in [0.25, 0.3) is 0 Å². The van der Waals surface area contributed by atoms with E-state index in [4.69, 9.17) is 9.47 Å². The maximum absolute atomic E-state index is 11.7. The highest BCUT2D eigenvalue weighted by Gasteiger charge is 2.31. The molecule has 0 saturated heterocycles. The van der Waals surface area contributed by atoms with Gasteiger partial charge in [0.1, 0.15) is 5.60 Å². The van der Waals surface area contributed by atoms with Crippen molar-refractivity contribution in [1.82, 2.24) is 0 Å². The lowest BCUT2D eigenvalue weighted by molar-refractivity contribution is -0.00788. The van der Waals surface area contributed by atoms with Crippen LogP contribution in [0.4, 0.5) is 10.5 Å². The van der Waals surface area contributed by atoms with Crippen molar-refractivity contribution < 1.29 is 14.3 Å². The number of benzene rings is 1. The van der Waals surface area contributed by atoms with Gasteiger partial charge in [0.05, 0.1) is 12.2 Å². The molecule has 0 aliphatic carbocycles. The smallest absolute Gasteiger partial charge is 0.412 e. The minimum Gasteiger partial charge on any atom is -0.444 e. The van der Waals surface area contributed by atoms with E-state index >= 15 is 0 Å². The van der Waals surface area contributed by atoms with Crippen LogP contribution in [0.2, 0.25) is 0 Å². The predicted octanol–water partition coefficient (Wildman–Crippen LogP) is 3.80. The highest BCUT2D eigenvalue weighted by molar-refractivity contribution is 5.85. The normalized spacial score (nSPS) is 16.9. The standard InChI is InChI=1S/C15H21NO3/c1-14(2,3)19-13(17)16-11-7-6-10-9-18-15(4,5)12(10)8-11/h6-8H,9H2,1-5H3,(H,16,17). The van der Waals surface area contributed by atoms with E-state index in [1.54, 1.807) is 0 Å². The van der Waals surface area contributed by atoms with E-state index in [2.05, 4.69) is 5.32 Å². The third-order valence-corrected chi connectivity index (χ3v) is 2.99. The zero-order valence-electron chi connectivity index (χ0n) is 12.2. The molecule has 0 saturated carbocycles. The van der Waals surface area contributed by atoms with Crippen molar-refractivity contribution in [2.75, 3.05) is 5.32 Å². The lowest BCUT2D eigenvalue weighted by Gasteiger charge is -2.21. The fourth-order valence-corrected chi connectivity index (χ4v) is 2.10. The van der Waals surface area contributed by atoms with Crippen molar-refractivity contribution in [3.05, 3.63) is 29.3 Å². The van der Waals surface area contributed by atoms with Crippen LogP contribution in [0.15, 0.2) is 18.2 Å². The molecule has 1 heterocycles. The van der Waals surface area contributed by atoms with Gasteiger partial charge in [-0.3, -0.25) is 5.32 Å². The molecule has 1 N–H and O–H groups in total. The predicted molar refractivity (Wildman–Crippen MR) is 74.1 cm³/mol. The molecule has 1 aromatic rings. The van der Waals surface area contributed by atoms with Crippen LogP contribution >= 0.6 is 0 Å². The summed E-state index contributed by atoms with van der Waals surface area (Å²) >= 11 is 0. The first-order valence-corrected chi connectivity index (χ1v) is 6.45. The summed E-state index contributed by atoms with van der Waals surface area (Å²) in [7, 11) is 0. The molecule has 0 radical (unpaired) electrons. The topological polar surface area (TPSA) is 47.6 Å². The fraction of sp³-hybridized carbons (Fsp3) is 0.533. The molecule has 4 heteroatoms. The Labute approximate surface area is 114 Å². The summed E-state index contributed by atoms with van der Waals surface area (Å²) in [4.78, 5) is 11.7. The van der Waals surface area contributed by atoms with Gasteiger partial charge in [0.15, 0.2) is 0 Å². The minimum atomic E-state index is -0.497. The average molecular weight is 263 g/mol. The molecule has 4 nitrogen and oxygen atoms in total. The Bertz CT molecular complexity index is 501. The first-order valence-electron chi connectivity index (χ1n) is 6.45. The van der Waals surface area contributed by atoms with Crippen molar-refractivity contribution in [2.45, 2.75) is 52.4 Å². The number of carbonyl (C=O) groups excluding carboxylic acids is 1. The van der Waals surface area contributed by atoms with Crippen LogP contribution < -0.4 is 5.32 Å². The number of hydrogen-bond donors (Lipinski definition) is 1. The first-order chi connectivity index (χ1) is 8.67. The van der Waals surface area contributed by atoms with E-state index in [-0.39, 0.29) is 5.60 Å². The number of amides is 1. The Morgan fingerprint density at radius 3 is 2.68 bits per heavy atom.